The molecule has 0 aromatic heterocycles. The molecule has 9 heavy (non-hydrogen) atoms. The van der Waals surface area contributed by atoms with E-state index in [1.165, 1.54) is 38.8 Å². The highest BCUT2D eigenvalue weighted by molar-refractivity contribution is 5.10. The summed E-state index contributed by atoms with van der Waals surface area (Å²) in [5.74, 6) is 0. The first-order valence-corrected chi connectivity index (χ1v) is 3.50. The molecule has 0 aliphatic carbocycles. The van der Waals surface area contributed by atoms with Gasteiger partial charge in [-0.05, 0) is 25.9 Å². The summed E-state index contributed by atoms with van der Waals surface area (Å²) in [5, 5.41) is 3.35. The van der Waals surface area contributed by atoms with Crippen molar-refractivity contribution >= 4 is 6.79 Å². The van der Waals surface area contributed by atoms with Gasteiger partial charge in [-0.25, -0.2) is 0 Å². The van der Waals surface area contributed by atoms with Gasteiger partial charge in [0.1, 0.15) is 6.79 Å². The maximum atomic E-state index is 8.00. The second-order valence-electron chi connectivity index (χ2n) is 2.16. The summed E-state index contributed by atoms with van der Waals surface area (Å²) in [6.45, 7) is 4.50. The first-order valence-electron chi connectivity index (χ1n) is 3.50. The maximum Gasteiger partial charge on any atom is 0.106 e. The molecule has 2 nitrogen and oxygen atoms in total. The van der Waals surface area contributed by atoms with Crippen LogP contribution < -0.4 is 5.32 Å². The topological polar surface area (TPSA) is 29.1 Å². The molecule has 1 N–H and O–H groups in total. The molecular weight excluding hydrogens is 114 g/mol. The van der Waals surface area contributed by atoms with E-state index in [9.17, 15) is 0 Å². The highest BCUT2D eigenvalue weighted by atomic mass is 16.1. The van der Waals surface area contributed by atoms with Crippen molar-refractivity contribution in [2.75, 3.05) is 13.1 Å². The normalized spacial score (nSPS) is 19.1. The van der Waals surface area contributed by atoms with Crippen molar-refractivity contribution < 1.29 is 4.79 Å². The smallest absolute Gasteiger partial charge is 0.106 e. The molecular formula is C7H15NO. The zero-order valence-corrected chi connectivity index (χ0v) is 5.86. The van der Waals surface area contributed by atoms with Crippen LogP contribution in [0.2, 0.25) is 0 Å². The van der Waals surface area contributed by atoms with Crippen molar-refractivity contribution in [3.8, 4) is 0 Å². The molecule has 1 aliphatic rings. The van der Waals surface area contributed by atoms with Gasteiger partial charge in [-0.2, -0.15) is 0 Å². The van der Waals surface area contributed by atoms with Crippen LogP contribution in [0.5, 0.6) is 0 Å². The number of carbonyl (C=O) groups is 1. The molecule has 0 bridgehead atoms. The van der Waals surface area contributed by atoms with Gasteiger partial charge < -0.3 is 10.1 Å². The van der Waals surface area contributed by atoms with Crippen LogP contribution in [-0.4, -0.2) is 19.9 Å². The van der Waals surface area contributed by atoms with E-state index >= 15 is 0 Å². The van der Waals surface area contributed by atoms with E-state index in [1.807, 2.05) is 6.79 Å². The summed E-state index contributed by atoms with van der Waals surface area (Å²) in [6, 6.07) is 0. The average Bonchev–Trinajstić information content (AvgIpc) is 2.21. The van der Waals surface area contributed by atoms with Gasteiger partial charge in [0.05, 0.1) is 0 Å². The standard InChI is InChI=1S/C6H13N.CH2O/c1-2-4-6-7-5-3-1;1-2/h7H,1-6H2;1H2. The maximum absolute atomic E-state index is 8.00. The fraction of sp³-hybridized carbons (Fsp3) is 0.857. The second-order valence-corrected chi connectivity index (χ2v) is 2.16. The molecule has 0 atom stereocenters. The van der Waals surface area contributed by atoms with Gasteiger partial charge in [0.2, 0.25) is 0 Å². The zero-order valence-electron chi connectivity index (χ0n) is 5.86. The molecule has 0 saturated carbocycles. The Kier molecular flexibility index (Phi) is 7.32. The first-order chi connectivity index (χ1) is 4.50. The number of carbonyl (C=O) groups excluding carboxylic acids is 1. The summed E-state index contributed by atoms with van der Waals surface area (Å²) in [4.78, 5) is 8.00. The van der Waals surface area contributed by atoms with Crippen molar-refractivity contribution in [2.45, 2.75) is 25.7 Å². The Morgan fingerprint density at radius 2 is 1.33 bits per heavy atom. The van der Waals surface area contributed by atoms with Crippen molar-refractivity contribution in [1.82, 2.24) is 5.32 Å². The quantitative estimate of drug-likeness (QED) is 0.528. The van der Waals surface area contributed by atoms with Gasteiger partial charge in [0.15, 0.2) is 0 Å². The van der Waals surface area contributed by atoms with Crippen molar-refractivity contribution in [3.63, 3.8) is 0 Å². The SMILES string of the molecule is C1CCCNCC1.C=O. The zero-order chi connectivity index (χ0) is 6.95. The van der Waals surface area contributed by atoms with E-state index in [2.05, 4.69) is 5.32 Å². The van der Waals surface area contributed by atoms with Crippen molar-refractivity contribution in [1.29, 1.82) is 0 Å². The molecule has 0 unspecified atom stereocenters. The largest absolute Gasteiger partial charge is 0.317 e. The Labute approximate surface area is 56.6 Å². The Morgan fingerprint density at radius 1 is 0.889 bits per heavy atom. The Morgan fingerprint density at radius 3 is 1.78 bits per heavy atom. The molecule has 1 rings (SSSR count). The van der Waals surface area contributed by atoms with Crippen LogP contribution in [0, 0.1) is 0 Å². The van der Waals surface area contributed by atoms with E-state index in [1.54, 1.807) is 0 Å². The summed E-state index contributed by atoms with van der Waals surface area (Å²) in [6.07, 6.45) is 5.65. The molecule has 0 aromatic carbocycles. The van der Waals surface area contributed by atoms with Gasteiger partial charge in [-0.3, -0.25) is 0 Å². The number of hydrogen-bond donors (Lipinski definition) is 1. The number of nitrogens with one attached hydrogen (secondary N) is 1. The van der Waals surface area contributed by atoms with Crippen molar-refractivity contribution in [2.24, 2.45) is 0 Å². The lowest BCUT2D eigenvalue weighted by Gasteiger charge is -1.91. The predicted molar refractivity (Wildman–Crippen MR) is 38.5 cm³/mol. The molecule has 1 aliphatic heterocycles. The molecule has 0 spiro atoms. The van der Waals surface area contributed by atoms with Crippen LogP contribution in [-0.2, 0) is 4.79 Å². The Hall–Kier alpha value is -0.370. The lowest BCUT2D eigenvalue weighted by molar-refractivity contribution is -0.0979. The van der Waals surface area contributed by atoms with Crippen LogP contribution >= 0.6 is 0 Å². The molecule has 54 valence electrons. The minimum Gasteiger partial charge on any atom is -0.317 e. The third-order valence-corrected chi connectivity index (χ3v) is 1.46. The summed E-state index contributed by atoms with van der Waals surface area (Å²) < 4.78 is 0. The summed E-state index contributed by atoms with van der Waals surface area (Å²) in [7, 11) is 0. The van der Waals surface area contributed by atoms with E-state index in [4.69, 9.17) is 4.79 Å². The second kappa shape index (κ2) is 7.63. The van der Waals surface area contributed by atoms with E-state index in [0.29, 0.717) is 0 Å². The lowest BCUT2D eigenvalue weighted by Crippen LogP contribution is -2.12. The van der Waals surface area contributed by atoms with E-state index in [0.717, 1.165) is 0 Å². The molecule has 0 radical (unpaired) electrons. The fourth-order valence-electron chi connectivity index (χ4n) is 0.979. The monoisotopic (exact) mass is 129 g/mol. The summed E-state index contributed by atoms with van der Waals surface area (Å²) >= 11 is 0. The Balaban J connectivity index is 0.000000291. The van der Waals surface area contributed by atoms with Crippen LogP contribution in [0.15, 0.2) is 0 Å². The van der Waals surface area contributed by atoms with Gasteiger partial charge in [0.25, 0.3) is 0 Å². The van der Waals surface area contributed by atoms with E-state index in [-0.39, 0.29) is 0 Å². The van der Waals surface area contributed by atoms with Crippen LogP contribution in [0.1, 0.15) is 25.7 Å². The van der Waals surface area contributed by atoms with Gasteiger partial charge in [0, 0.05) is 0 Å². The van der Waals surface area contributed by atoms with Crippen LogP contribution in [0.4, 0.5) is 0 Å². The lowest BCUT2D eigenvalue weighted by atomic mass is 10.2. The van der Waals surface area contributed by atoms with Crippen LogP contribution in [0.25, 0.3) is 0 Å². The fourth-order valence-corrected chi connectivity index (χ4v) is 0.979. The summed E-state index contributed by atoms with van der Waals surface area (Å²) in [5.41, 5.74) is 0. The first kappa shape index (κ1) is 8.63. The van der Waals surface area contributed by atoms with Gasteiger partial charge in [-0.15, -0.1) is 0 Å². The highest BCUT2D eigenvalue weighted by Gasteiger charge is 1.94. The minimum absolute atomic E-state index is 1.25. The average molecular weight is 129 g/mol. The molecule has 2 heteroatoms. The Bertz CT molecular complexity index is 37.2. The molecule has 1 heterocycles. The van der Waals surface area contributed by atoms with Gasteiger partial charge >= 0.3 is 0 Å². The highest BCUT2D eigenvalue weighted by Crippen LogP contribution is 2.00. The predicted octanol–water partition coefficient (Wildman–Crippen LogP) is 0.965. The van der Waals surface area contributed by atoms with Crippen molar-refractivity contribution in [3.05, 3.63) is 0 Å². The number of rotatable bonds is 0. The van der Waals surface area contributed by atoms with Crippen LogP contribution in [0.3, 0.4) is 0 Å². The third-order valence-electron chi connectivity index (χ3n) is 1.46. The molecule has 1 saturated heterocycles. The minimum atomic E-state index is 1.25. The third kappa shape index (κ3) is 5.50. The molecule has 0 aromatic rings. The van der Waals surface area contributed by atoms with E-state index < -0.39 is 0 Å². The molecule has 1 fully saturated rings. The van der Waals surface area contributed by atoms with Gasteiger partial charge in [-0.1, -0.05) is 12.8 Å². The molecule has 0 amide bonds. The number of hydrogen-bond acceptors (Lipinski definition) is 2.